The number of nitrogens with zero attached hydrogens (tertiary/aromatic N) is 2. The first-order chi connectivity index (χ1) is 17.5. The average molecular weight is 516 g/mol. The number of benzene rings is 2. The normalized spacial score (nSPS) is 15.4. The molecule has 1 fully saturated rings. The van der Waals surface area contributed by atoms with Crippen molar-refractivity contribution in [1.29, 1.82) is 0 Å². The van der Waals surface area contributed by atoms with Gasteiger partial charge in [-0.1, -0.05) is 12.1 Å². The molecule has 1 saturated heterocycles. The molecule has 0 bridgehead atoms. The summed E-state index contributed by atoms with van der Waals surface area (Å²) in [5.41, 5.74) is 0.233. The number of halogens is 4. The van der Waals surface area contributed by atoms with Crippen molar-refractivity contribution in [3.8, 4) is 11.1 Å². The summed E-state index contributed by atoms with van der Waals surface area (Å²) in [6, 6.07) is 9.18. The highest BCUT2D eigenvalue weighted by Gasteiger charge is 2.35. The fraction of sp³-hybridized carbons (Fsp3) is 0.200. The number of carboxylic acid groups (broad SMARTS) is 1. The van der Waals surface area contributed by atoms with E-state index in [0.717, 1.165) is 30.3 Å². The van der Waals surface area contributed by atoms with Crippen molar-refractivity contribution in [3.63, 3.8) is 0 Å². The Morgan fingerprint density at radius 1 is 0.973 bits per heavy atom. The number of carbonyl (C=O) groups excluding carboxylic acids is 2. The van der Waals surface area contributed by atoms with Gasteiger partial charge in [-0.2, -0.15) is 13.2 Å². The number of aromatic carboxylic acids is 1. The Morgan fingerprint density at radius 2 is 1.65 bits per heavy atom. The van der Waals surface area contributed by atoms with Crippen molar-refractivity contribution in [2.75, 3.05) is 17.2 Å². The highest BCUT2D eigenvalue weighted by Crippen LogP contribution is 2.30. The largest absolute Gasteiger partial charge is 0.478 e. The summed E-state index contributed by atoms with van der Waals surface area (Å²) in [5.74, 6) is -2.93. The van der Waals surface area contributed by atoms with Gasteiger partial charge in [0.1, 0.15) is 6.04 Å². The van der Waals surface area contributed by atoms with Gasteiger partial charge in [-0.15, -0.1) is 0 Å². The molecule has 3 amide bonds. The average Bonchev–Trinajstić information content (AvgIpc) is 3.35. The number of hydrogen-bond donors (Lipinski definition) is 3. The molecule has 1 aliphatic rings. The monoisotopic (exact) mass is 516 g/mol. The Bertz CT molecular complexity index is 1330. The second kappa shape index (κ2) is 10.2. The lowest BCUT2D eigenvalue weighted by atomic mass is 10.1. The lowest BCUT2D eigenvalue weighted by Gasteiger charge is -2.24. The van der Waals surface area contributed by atoms with Crippen molar-refractivity contribution in [3.05, 3.63) is 77.7 Å². The minimum Gasteiger partial charge on any atom is -0.478 e. The number of likely N-dealkylation sites (tertiary alicyclic amines) is 1. The fourth-order valence-electron chi connectivity index (χ4n) is 3.91. The van der Waals surface area contributed by atoms with Gasteiger partial charge in [0.2, 0.25) is 5.91 Å². The van der Waals surface area contributed by atoms with Gasteiger partial charge >= 0.3 is 18.2 Å². The molecule has 1 aliphatic heterocycles. The number of hydrogen-bond acceptors (Lipinski definition) is 4. The SMILES string of the molecule is O=C(O)c1ccc(-c2cnc(NC(=O)[C@@H]3CCCN3C(=O)Nc3ccc(C(F)(F)F)cc3)c(F)c2)cc1. The van der Waals surface area contributed by atoms with Gasteiger partial charge in [0.25, 0.3) is 0 Å². The predicted octanol–water partition coefficient (Wildman–Crippen LogP) is 5.24. The van der Waals surface area contributed by atoms with E-state index in [1.807, 2.05) is 0 Å². The Morgan fingerprint density at radius 3 is 2.24 bits per heavy atom. The summed E-state index contributed by atoms with van der Waals surface area (Å²) in [6.07, 6.45) is -2.38. The van der Waals surface area contributed by atoms with Crippen molar-refractivity contribution in [2.45, 2.75) is 25.1 Å². The number of rotatable bonds is 5. The summed E-state index contributed by atoms with van der Waals surface area (Å²) < 4.78 is 52.9. The molecule has 2 heterocycles. The van der Waals surface area contributed by atoms with Crippen LogP contribution in [-0.2, 0) is 11.0 Å². The number of carbonyl (C=O) groups is 3. The van der Waals surface area contributed by atoms with Crippen molar-refractivity contribution < 1.29 is 37.1 Å². The maximum absolute atomic E-state index is 14.7. The molecule has 1 atom stereocenters. The zero-order valence-electron chi connectivity index (χ0n) is 19.1. The molecule has 0 aliphatic carbocycles. The Labute approximate surface area is 207 Å². The Hall–Kier alpha value is -4.48. The first-order valence-corrected chi connectivity index (χ1v) is 11.1. The molecular weight excluding hydrogens is 496 g/mol. The van der Waals surface area contributed by atoms with Crippen molar-refractivity contribution in [2.24, 2.45) is 0 Å². The van der Waals surface area contributed by atoms with Crippen LogP contribution in [-0.4, -0.2) is 45.5 Å². The molecule has 0 radical (unpaired) electrons. The van der Waals surface area contributed by atoms with E-state index in [1.54, 1.807) is 0 Å². The van der Waals surface area contributed by atoms with Crippen molar-refractivity contribution in [1.82, 2.24) is 9.88 Å². The molecule has 0 unspecified atom stereocenters. The van der Waals surface area contributed by atoms with Gasteiger partial charge in [0.05, 0.1) is 11.1 Å². The van der Waals surface area contributed by atoms with Crippen LogP contribution in [0, 0.1) is 5.82 Å². The van der Waals surface area contributed by atoms with Crippen LogP contribution in [0.4, 0.5) is 33.9 Å². The third-order valence-electron chi connectivity index (χ3n) is 5.83. The van der Waals surface area contributed by atoms with E-state index in [-0.39, 0.29) is 23.6 Å². The molecule has 1 aromatic heterocycles. The molecule has 0 spiro atoms. The zero-order chi connectivity index (χ0) is 26.7. The van der Waals surface area contributed by atoms with Crippen molar-refractivity contribution >= 4 is 29.4 Å². The minimum atomic E-state index is -4.51. The summed E-state index contributed by atoms with van der Waals surface area (Å²) in [7, 11) is 0. The van der Waals surface area contributed by atoms with Gasteiger partial charge in [0, 0.05) is 24.0 Å². The summed E-state index contributed by atoms with van der Waals surface area (Å²) in [4.78, 5) is 41.7. The number of urea groups is 1. The maximum atomic E-state index is 14.7. The van der Waals surface area contributed by atoms with Gasteiger partial charge in [-0.25, -0.2) is 19.0 Å². The maximum Gasteiger partial charge on any atom is 0.416 e. The molecule has 192 valence electrons. The van der Waals surface area contributed by atoms with Crippen LogP contribution < -0.4 is 10.6 Å². The van der Waals surface area contributed by atoms with Crippen LogP contribution in [0.3, 0.4) is 0 Å². The number of alkyl halides is 3. The molecule has 12 heteroatoms. The third-order valence-corrected chi connectivity index (χ3v) is 5.83. The lowest BCUT2D eigenvalue weighted by Crippen LogP contribution is -2.45. The number of carboxylic acids is 1. The lowest BCUT2D eigenvalue weighted by molar-refractivity contribution is -0.137. The highest BCUT2D eigenvalue weighted by atomic mass is 19.4. The van der Waals surface area contributed by atoms with Crippen LogP contribution in [0.2, 0.25) is 0 Å². The highest BCUT2D eigenvalue weighted by molar-refractivity contribution is 5.99. The second-order valence-corrected chi connectivity index (χ2v) is 8.28. The van der Waals surface area contributed by atoms with E-state index < -0.39 is 41.5 Å². The Balaban J connectivity index is 1.41. The molecule has 4 rings (SSSR count). The van der Waals surface area contributed by atoms with Gasteiger partial charge in [-0.05, 0) is 60.9 Å². The van der Waals surface area contributed by atoms with Crippen LogP contribution >= 0.6 is 0 Å². The standard InChI is InChI=1S/C25H20F4N4O4/c26-19-12-16(14-3-5-15(6-4-14)23(35)36)13-30-21(19)32-22(34)20-2-1-11-33(20)24(37)31-18-9-7-17(8-10-18)25(27,28)29/h3-10,12-13,20H,1-2,11H2,(H,31,37)(H,35,36)(H,30,32,34)/t20-/m0/s1. The van der Waals surface area contributed by atoms with Crippen LogP contribution in [0.25, 0.3) is 11.1 Å². The number of aromatic nitrogens is 1. The number of pyridine rings is 1. The van der Waals surface area contributed by atoms with Gasteiger partial charge in [0.15, 0.2) is 11.6 Å². The third kappa shape index (κ3) is 5.85. The first-order valence-electron chi connectivity index (χ1n) is 11.1. The van der Waals surface area contributed by atoms with E-state index in [0.29, 0.717) is 24.0 Å². The topological polar surface area (TPSA) is 112 Å². The summed E-state index contributed by atoms with van der Waals surface area (Å²) in [5, 5.41) is 13.8. The molecule has 3 aromatic rings. The molecule has 8 nitrogen and oxygen atoms in total. The van der Waals surface area contributed by atoms with E-state index in [4.69, 9.17) is 5.11 Å². The van der Waals surface area contributed by atoms with Gasteiger partial charge in [-0.3, -0.25) is 4.79 Å². The smallest absolute Gasteiger partial charge is 0.416 e. The van der Waals surface area contributed by atoms with E-state index in [1.165, 1.54) is 35.4 Å². The minimum absolute atomic E-state index is 0.0736. The quantitative estimate of drug-likeness (QED) is 0.402. The number of anilines is 2. The summed E-state index contributed by atoms with van der Waals surface area (Å²) >= 11 is 0. The first kappa shape index (κ1) is 25.6. The van der Waals surface area contributed by atoms with Crippen LogP contribution in [0.15, 0.2) is 60.8 Å². The number of amides is 3. The van der Waals surface area contributed by atoms with Gasteiger partial charge < -0.3 is 20.6 Å². The van der Waals surface area contributed by atoms with E-state index in [9.17, 15) is 31.9 Å². The fourth-order valence-corrected chi connectivity index (χ4v) is 3.91. The molecular formula is C25H20F4N4O4. The molecule has 3 N–H and O–H groups in total. The molecule has 37 heavy (non-hydrogen) atoms. The van der Waals surface area contributed by atoms with Crippen LogP contribution in [0.5, 0.6) is 0 Å². The Kier molecular flexibility index (Phi) is 7.09. The summed E-state index contributed by atoms with van der Waals surface area (Å²) in [6.45, 7) is 0.228. The molecule has 0 saturated carbocycles. The zero-order valence-corrected chi connectivity index (χ0v) is 19.1. The second-order valence-electron chi connectivity index (χ2n) is 8.28. The van der Waals surface area contributed by atoms with E-state index in [2.05, 4.69) is 15.6 Å². The predicted molar refractivity (Wildman–Crippen MR) is 125 cm³/mol. The van der Waals surface area contributed by atoms with E-state index >= 15 is 0 Å². The van der Waals surface area contributed by atoms with Crippen LogP contribution in [0.1, 0.15) is 28.8 Å². The molecule has 2 aromatic carbocycles. The number of nitrogens with one attached hydrogen (secondary N) is 2.